The van der Waals surface area contributed by atoms with Crippen molar-refractivity contribution < 1.29 is 26.7 Å². The molecule has 44 heavy (non-hydrogen) atoms. The first-order chi connectivity index (χ1) is 21.0. The maximum Gasteiger partial charge on any atom is 0.387 e. The second-order valence-electron chi connectivity index (χ2n) is 11.6. The lowest BCUT2D eigenvalue weighted by atomic mass is 9.85. The van der Waals surface area contributed by atoms with Crippen molar-refractivity contribution in [3.05, 3.63) is 70.9 Å². The molecule has 4 heterocycles. The van der Waals surface area contributed by atoms with Crippen molar-refractivity contribution in [1.82, 2.24) is 24.3 Å². The topological polar surface area (TPSA) is 111 Å². The average Bonchev–Trinajstić information content (AvgIpc) is 3.33. The third-order valence-corrected chi connectivity index (χ3v) is 10.4. The van der Waals surface area contributed by atoms with Gasteiger partial charge in [0.05, 0.1) is 0 Å². The van der Waals surface area contributed by atoms with Crippen LogP contribution in [0.2, 0.25) is 0 Å². The zero-order valence-corrected chi connectivity index (χ0v) is 25.6. The maximum absolute atomic E-state index is 14.0. The highest BCUT2D eigenvalue weighted by atomic mass is 32.2. The number of hydrogen-bond acceptors (Lipinski definition) is 8. The van der Waals surface area contributed by atoms with Gasteiger partial charge in [0.2, 0.25) is 10.0 Å². The molecule has 13 heteroatoms. The second kappa shape index (κ2) is 11.8. The van der Waals surface area contributed by atoms with Crippen LogP contribution in [-0.4, -0.2) is 64.2 Å². The van der Waals surface area contributed by atoms with E-state index in [1.165, 1.54) is 22.0 Å². The third-order valence-electron chi connectivity index (χ3n) is 8.60. The largest absolute Gasteiger partial charge is 0.432 e. The Labute approximate surface area is 254 Å². The first-order valence-electron chi connectivity index (χ1n) is 14.6. The van der Waals surface area contributed by atoms with Gasteiger partial charge < -0.3 is 9.64 Å². The van der Waals surface area contributed by atoms with Crippen LogP contribution < -0.4 is 9.64 Å². The number of Topliss-reactive ketones (excluding diaryl/α,β-unsaturated/α-hetero) is 1. The van der Waals surface area contributed by atoms with Crippen molar-refractivity contribution in [2.24, 2.45) is 7.05 Å². The molecule has 0 aliphatic carbocycles. The molecular formula is C31H34F2N6O4S. The number of ether oxygens (including phenoxy) is 1. The predicted octanol–water partition coefficient (Wildman–Crippen LogP) is 4.95. The highest BCUT2D eigenvalue weighted by molar-refractivity contribution is 7.89. The number of carbonyl (C=O) groups excluding carboxylic acids is 1. The molecule has 2 aliphatic heterocycles. The highest BCUT2D eigenvalue weighted by Crippen LogP contribution is 2.38. The smallest absolute Gasteiger partial charge is 0.387 e. The molecule has 4 aromatic rings. The first-order valence-corrected chi connectivity index (χ1v) is 16.1. The summed E-state index contributed by atoms with van der Waals surface area (Å²) in [6.45, 7) is 1.56. The Morgan fingerprint density at radius 2 is 1.95 bits per heavy atom. The number of benzene rings is 2. The number of anilines is 1. The normalized spacial score (nSPS) is 19.0. The van der Waals surface area contributed by atoms with Gasteiger partial charge in [-0.1, -0.05) is 23.4 Å². The lowest BCUT2D eigenvalue weighted by Crippen LogP contribution is -2.45. The third kappa shape index (κ3) is 5.65. The minimum Gasteiger partial charge on any atom is -0.432 e. The van der Waals surface area contributed by atoms with Crippen LogP contribution in [0, 0.1) is 6.92 Å². The number of pyridine rings is 1. The van der Waals surface area contributed by atoms with Crippen LogP contribution in [0.3, 0.4) is 0 Å². The Morgan fingerprint density at radius 1 is 1.14 bits per heavy atom. The molecule has 0 amide bonds. The molecule has 0 unspecified atom stereocenters. The lowest BCUT2D eigenvalue weighted by molar-refractivity contribution is -0.117. The number of aromatic nitrogens is 4. The number of fused-ring (bicyclic) bond motifs is 4. The summed E-state index contributed by atoms with van der Waals surface area (Å²) in [4.78, 5) is 19.3. The number of sulfonamides is 1. The summed E-state index contributed by atoms with van der Waals surface area (Å²) in [5, 5.41) is 8.07. The van der Waals surface area contributed by atoms with Crippen LogP contribution in [0.1, 0.15) is 60.8 Å². The van der Waals surface area contributed by atoms with E-state index in [-0.39, 0.29) is 35.4 Å². The molecular weight excluding hydrogens is 590 g/mol. The van der Waals surface area contributed by atoms with Gasteiger partial charge in [0.15, 0.2) is 5.75 Å². The zero-order valence-electron chi connectivity index (χ0n) is 24.8. The fourth-order valence-corrected chi connectivity index (χ4v) is 8.04. The number of piperidine rings is 1. The van der Waals surface area contributed by atoms with Crippen LogP contribution in [-0.2, 0) is 28.4 Å². The molecule has 2 atom stereocenters. The van der Waals surface area contributed by atoms with Crippen molar-refractivity contribution >= 4 is 32.7 Å². The molecule has 6 rings (SSSR count). The van der Waals surface area contributed by atoms with E-state index in [2.05, 4.69) is 20.2 Å². The molecule has 2 aromatic carbocycles. The van der Waals surface area contributed by atoms with Gasteiger partial charge in [0.25, 0.3) is 0 Å². The van der Waals surface area contributed by atoms with Gasteiger partial charge in [0, 0.05) is 51.3 Å². The molecule has 2 aromatic heterocycles. The lowest BCUT2D eigenvalue weighted by Gasteiger charge is -2.36. The summed E-state index contributed by atoms with van der Waals surface area (Å²) in [7, 11) is -2.28. The van der Waals surface area contributed by atoms with E-state index in [0.29, 0.717) is 29.0 Å². The molecule has 0 bridgehead atoms. The Kier molecular flexibility index (Phi) is 8.10. The SMILES string of the molecule is CC(=O)C[C@H](c1ccc(C)c(CN2C[C@H]3CCCCN3c3ncccc3S2(=O)=O)c1)c1cc(OC(F)F)c2c(c1)nnn2C. The van der Waals surface area contributed by atoms with Crippen LogP contribution in [0.4, 0.5) is 14.6 Å². The van der Waals surface area contributed by atoms with E-state index < -0.39 is 22.6 Å². The summed E-state index contributed by atoms with van der Waals surface area (Å²) >= 11 is 0. The molecule has 1 fully saturated rings. The van der Waals surface area contributed by atoms with Crippen LogP contribution in [0.25, 0.3) is 11.0 Å². The Hall–Kier alpha value is -3.97. The molecule has 0 radical (unpaired) electrons. The minimum absolute atomic E-state index is 0.00981. The molecule has 232 valence electrons. The number of carbonyl (C=O) groups is 1. The van der Waals surface area contributed by atoms with Gasteiger partial charge in [-0.2, -0.15) is 13.1 Å². The number of ketones is 1. The number of rotatable bonds is 8. The first kappa shape index (κ1) is 30.1. The highest BCUT2D eigenvalue weighted by Gasteiger charge is 2.39. The number of aryl methyl sites for hydroxylation is 2. The summed E-state index contributed by atoms with van der Waals surface area (Å²) in [5.41, 5.74) is 3.69. The molecule has 1 saturated heterocycles. The zero-order chi connectivity index (χ0) is 31.2. The standard InChI is InChI=1S/C31H34F2N6O4S/c1-19-9-10-21(25(13-20(2)40)22-15-26-29(37(3)36-35-26)27(16-22)43-31(32)33)14-23(19)17-38-18-24-7-4-5-12-39(24)30-28(44(38,41)42)8-6-11-34-30/h6,8-11,14-16,24-25,31H,4-5,7,12-13,17-18H2,1-3H3/t24-,25-/m1/s1. The van der Waals surface area contributed by atoms with E-state index in [4.69, 9.17) is 4.74 Å². The Bertz CT molecular complexity index is 1830. The van der Waals surface area contributed by atoms with E-state index in [0.717, 1.165) is 42.5 Å². The van der Waals surface area contributed by atoms with Crippen molar-refractivity contribution in [1.29, 1.82) is 0 Å². The van der Waals surface area contributed by atoms with Gasteiger partial charge in [0.1, 0.15) is 27.5 Å². The number of hydrogen-bond donors (Lipinski definition) is 0. The average molecular weight is 625 g/mol. The minimum atomic E-state index is -3.87. The van der Waals surface area contributed by atoms with Crippen molar-refractivity contribution in [2.45, 2.75) is 69.5 Å². The molecule has 2 aliphatic rings. The van der Waals surface area contributed by atoms with Crippen molar-refractivity contribution in [3.63, 3.8) is 0 Å². The van der Waals surface area contributed by atoms with Crippen molar-refractivity contribution in [2.75, 3.05) is 18.0 Å². The fraction of sp³-hybridized carbons (Fsp3) is 0.419. The quantitative estimate of drug-likeness (QED) is 0.271. The van der Waals surface area contributed by atoms with Gasteiger partial charge in [-0.05, 0) is 79.6 Å². The fourth-order valence-electron chi connectivity index (χ4n) is 6.44. The van der Waals surface area contributed by atoms with E-state index in [1.807, 2.05) is 25.1 Å². The molecule has 0 N–H and O–H groups in total. The Morgan fingerprint density at radius 3 is 2.73 bits per heavy atom. The van der Waals surface area contributed by atoms with Gasteiger partial charge in [-0.25, -0.2) is 18.1 Å². The van der Waals surface area contributed by atoms with Gasteiger partial charge in [-0.15, -0.1) is 5.10 Å². The Balaban J connectivity index is 1.40. The van der Waals surface area contributed by atoms with Crippen LogP contribution >= 0.6 is 0 Å². The maximum atomic E-state index is 14.0. The number of nitrogens with zero attached hydrogens (tertiary/aromatic N) is 6. The second-order valence-corrected chi connectivity index (χ2v) is 13.5. The number of alkyl halides is 2. The summed E-state index contributed by atoms with van der Waals surface area (Å²) in [5.74, 6) is -0.184. The van der Waals surface area contributed by atoms with Crippen LogP contribution in [0.15, 0.2) is 53.6 Å². The summed E-state index contributed by atoms with van der Waals surface area (Å²) in [6, 6.07) is 12.2. The summed E-state index contributed by atoms with van der Waals surface area (Å²) < 4.78 is 62.6. The molecule has 10 nitrogen and oxygen atoms in total. The van der Waals surface area contributed by atoms with Gasteiger partial charge in [-0.3, -0.25) is 4.79 Å². The monoisotopic (exact) mass is 624 g/mol. The van der Waals surface area contributed by atoms with E-state index in [1.54, 1.807) is 31.4 Å². The van der Waals surface area contributed by atoms with E-state index >= 15 is 0 Å². The van der Waals surface area contributed by atoms with Gasteiger partial charge >= 0.3 is 6.61 Å². The van der Waals surface area contributed by atoms with Crippen molar-refractivity contribution in [3.8, 4) is 5.75 Å². The number of halogens is 2. The summed E-state index contributed by atoms with van der Waals surface area (Å²) in [6.07, 6.45) is 4.60. The predicted molar refractivity (Wildman–Crippen MR) is 160 cm³/mol. The molecule has 0 saturated carbocycles. The van der Waals surface area contributed by atoms with Crippen LogP contribution in [0.5, 0.6) is 5.75 Å². The van der Waals surface area contributed by atoms with E-state index in [9.17, 15) is 22.0 Å². The molecule has 0 spiro atoms.